The molecule has 2 aromatic carbocycles. The summed E-state index contributed by atoms with van der Waals surface area (Å²) in [6.45, 7) is 1.97. The quantitative estimate of drug-likeness (QED) is 0.423. The van der Waals surface area contributed by atoms with Crippen LogP contribution in [-0.2, 0) is 9.84 Å². The molecule has 7 heteroatoms. The van der Waals surface area contributed by atoms with Gasteiger partial charge in [0.25, 0.3) is 0 Å². The van der Waals surface area contributed by atoms with Crippen molar-refractivity contribution in [2.45, 2.75) is 11.8 Å². The first-order valence-corrected chi connectivity index (χ1v) is 11.6. The molecule has 0 amide bonds. The third-order valence-electron chi connectivity index (χ3n) is 4.52. The topological polar surface area (TPSA) is 52.0 Å². The van der Waals surface area contributed by atoms with Gasteiger partial charge in [0.1, 0.15) is 0 Å². The first kappa shape index (κ1) is 18.9. The van der Waals surface area contributed by atoms with Crippen LogP contribution in [0.5, 0.6) is 0 Å². The summed E-state index contributed by atoms with van der Waals surface area (Å²) in [5, 5.41) is 5.18. The largest absolute Gasteiger partial charge is 0.232 e. The zero-order chi connectivity index (χ0) is 19.9. The highest BCUT2D eigenvalue weighted by Gasteiger charge is 2.14. The van der Waals surface area contributed by atoms with Gasteiger partial charge in [0.2, 0.25) is 0 Å². The van der Waals surface area contributed by atoms with Gasteiger partial charge in [-0.25, -0.2) is 13.1 Å². The molecule has 28 heavy (non-hydrogen) atoms. The van der Waals surface area contributed by atoms with E-state index in [1.807, 2.05) is 54.1 Å². The van der Waals surface area contributed by atoms with Gasteiger partial charge >= 0.3 is 0 Å². The molecule has 0 bridgehead atoms. The summed E-state index contributed by atoms with van der Waals surface area (Å²) in [5.41, 5.74) is 3.73. The van der Waals surface area contributed by atoms with Crippen molar-refractivity contribution in [1.82, 2.24) is 9.78 Å². The van der Waals surface area contributed by atoms with Gasteiger partial charge in [0.15, 0.2) is 9.84 Å². The molecule has 0 aliphatic rings. The summed E-state index contributed by atoms with van der Waals surface area (Å²) in [7, 11) is -3.24. The van der Waals surface area contributed by atoms with Gasteiger partial charge in [-0.2, -0.15) is 5.10 Å². The summed E-state index contributed by atoms with van der Waals surface area (Å²) in [4.78, 5) is 2.35. The number of thiophene rings is 1. The van der Waals surface area contributed by atoms with E-state index < -0.39 is 9.84 Å². The Kier molecular flexibility index (Phi) is 4.87. The average Bonchev–Trinajstić information content (AvgIpc) is 3.32. The van der Waals surface area contributed by atoms with E-state index in [0.717, 1.165) is 32.3 Å². The Morgan fingerprint density at radius 3 is 2.54 bits per heavy atom. The van der Waals surface area contributed by atoms with Crippen molar-refractivity contribution in [2.75, 3.05) is 6.26 Å². The maximum absolute atomic E-state index is 11.9. The van der Waals surface area contributed by atoms with Crippen molar-refractivity contribution in [3.63, 3.8) is 0 Å². The summed E-state index contributed by atoms with van der Waals surface area (Å²) >= 11 is 7.87. The minimum atomic E-state index is -3.24. The average molecular weight is 429 g/mol. The van der Waals surface area contributed by atoms with Gasteiger partial charge < -0.3 is 0 Å². The molecule has 4 aromatic rings. The van der Waals surface area contributed by atoms with E-state index in [0.29, 0.717) is 9.92 Å². The molecule has 0 saturated carbocycles. The van der Waals surface area contributed by atoms with E-state index in [4.69, 9.17) is 11.6 Å². The van der Waals surface area contributed by atoms with Crippen LogP contribution < -0.4 is 0 Å². The lowest BCUT2D eigenvalue weighted by atomic mass is 10.2. The Hall–Kier alpha value is -2.41. The van der Waals surface area contributed by atoms with Crippen LogP contribution in [0.15, 0.2) is 71.8 Å². The molecule has 0 radical (unpaired) electrons. The van der Waals surface area contributed by atoms with E-state index in [1.165, 1.54) is 6.26 Å². The summed E-state index contributed by atoms with van der Waals surface area (Å²) in [5.74, 6) is 0. The van der Waals surface area contributed by atoms with Crippen molar-refractivity contribution in [3.8, 4) is 26.7 Å². The molecule has 0 N–H and O–H groups in total. The summed E-state index contributed by atoms with van der Waals surface area (Å²) in [6.07, 6.45) is 2.98. The van der Waals surface area contributed by atoms with E-state index in [2.05, 4.69) is 5.10 Å². The molecular formula is C21H17ClN2O2S2. The van der Waals surface area contributed by atoms with Crippen LogP contribution in [0.3, 0.4) is 0 Å². The summed E-state index contributed by atoms with van der Waals surface area (Å²) in [6, 6.07) is 18.8. The highest BCUT2D eigenvalue weighted by Crippen LogP contribution is 2.36. The Labute approximate surface area is 173 Å². The van der Waals surface area contributed by atoms with Crippen LogP contribution in [0.25, 0.3) is 26.7 Å². The summed E-state index contributed by atoms with van der Waals surface area (Å²) < 4.78 is 25.6. The first-order chi connectivity index (χ1) is 13.3. The lowest BCUT2D eigenvalue weighted by molar-refractivity contribution is 0.602. The standard InChI is InChI=1S/C21H17ClN2O2S2/c1-14-17(22)7-4-8-18(14)24-19(11-12-23-24)21-10-9-20(27-21)15-5-3-6-16(13-15)28(2,25)26/h3-13H,1-2H3. The third kappa shape index (κ3) is 3.51. The Bertz CT molecular complexity index is 1270. The first-order valence-electron chi connectivity index (χ1n) is 8.55. The van der Waals surface area contributed by atoms with E-state index in [1.54, 1.807) is 35.7 Å². The normalized spacial score (nSPS) is 11.7. The van der Waals surface area contributed by atoms with Crippen LogP contribution in [0.2, 0.25) is 5.02 Å². The molecule has 2 aromatic heterocycles. The van der Waals surface area contributed by atoms with Crippen LogP contribution in [0.4, 0.5) is 0 Å². The second-order valence-electron chi connectivity index (χ2n) is 6.48. The second kappa shape index (κ2) is 7.20. The fourth-order valence-corrected chi connectivity index (χ4v) is 4.87. The van der Waals surface area contributed by atoms with Crippen LogP contribution in [-0.4, -0.2) is 24.5 Å². The predicted molar refractivity (Wildman–Crippen MR) is 115 cm³/mol. The third-order valence-corrected chi connectivity index (χ3v) is 7.19. The number of benzene rings is 2. The number of halogens is 1. The molecule has 4 rings (SSSR count). The highest BCUT2D eigenvalue weighted by atomic mass is 35.5. The molecule has 4 nitrogen and oxygen atoms in total. The minimum absolute atomic E-state index is 0.319. The smallest absolute Gasteiger partial charge is 0.175 e. The molecular weight excluding hydrogens is 412 g/mol. The molecule has 0 fully saturated rings. The lowest BCUT2D eigenvalue weighted by Crippen LogP contribution is -2.00. The number of hydrogen-bond donors (Lipinski definition) is 0. The van der Waals surface area contributed by atoms with Crippen molar-refractivity contribution in [2.24, 2.45) is 0 Å². The van der Waals surface area contributed by atoms with Gasteiger partial charge in [-0.3, -0.25) is 0 Å². The molecule has 0 saturated heterocycles. The highest BCUT2D eigenvalue weighted by molar-refractivity contribution is 7.90. The predicted octanol–water partition coefficient (Wildman–Crippen LogP) is 5.63. The minimum Gasteiger partial charge on any atom is -0.232 e. The van der Waals surface area contributed by atoms with Gasteiger partial charge in [-0.15, -0.1) is 11.3 Å². The van der Waals surface area contributed by atoms with Crippen LogP contribution in [0.1, 0.15) is 5.56 Å². The molecule has 0 aliphatic carbocycles. The Morgan fingerprint density at radius 1 is 1.00 bits per heavy atom. The van der Waals surface area contributed by atoms with Crippen LogP contribution in [0, 0.1) is 6.92 Å². The number of rotatable bonds is 4. The monoisotopic (exact) mass is 428 g/mol. The zero-order valence-electron chi connectivity index (χ0n) is 15.3. The number of nitrogens with zero attached hydrogens (tertiary/aromatic N) is 2. The molecule has 0 atom stereocenters. The van der Waals surface area contributed by atoms with Crippen molar-refractivity contribution >= 4 is 32.8 Å². The van der Waals surface area contributed by atoms with Crippen molar-refractivity contribution in [3.05, 3.63) is 77.4 Å². The zero-order valence-corrected chi connectivity index (χ0v) is 17.6. The molecule has 142 valence electrons. The molecule has 0 aliphatic heterocycles. The number of sulfone groups is 1. The van der Waals surface area contributed by atoms with Crippen LogP contribution >= 0.6 is 22.9 Å². The Morgan fingerprint density at radius 2 is 1.75 bits per heavy atom. The molecule has 0 spiro atoms. The second-order valence-corrected chi connectivity index (χ2v) is 9.98. The Balaban J connectivity index is 1.76. The van der Waals surface area contributed by atoms with Crippen molar-refractivity contribution < 1.29 is 8.42 Å². The van der Waals surface area contributed by atoms with Gasteiger partial charge in [-0.05, 0) is 60.5 Å². The van der Waals surface area contributed by atoms with E-state index >= 15 is 0 Å². The lowest BCUT2D eigenvalue weighted by Gasteiger charge is -2.10. The van der Waals surface area contributed by atoms with Crippen molar-refractivity contribution in [1.29, 1.82) is 0 Å². The maximum atomic E-state index is 11.9. The van der Waals surface area contributed by atoms with Gasteiger partial charge in [0, 0.05) is 16.2 Å². The SMILES string of the molecule is Cc1c(Cl)cccc1-n1nccc1-c1ccc(-c2cccc(S(C)(=O)=O)c2)s1. The fraction of sp³-hybridized carbons (Fsp3) is 0.0952. The van der Waals surface area contributed by atoms with Gasteiger partial charge in [0.05, 0.1) is 27.4 Å². The number of aromatic nitrogens is 2. The van der Waals surface area contributed by atoms with E-state index in [9.17, 15) is 8.42 Å². The van der Waals surface area contributed by atoms with Gasteiger partial charge in [-0.1, -0.05) is 29.8 Å². The maximum Gasteiger partial charge on any atom is 0.175 e. The molecule has 2 heterocycles. The number of hydrogen-bond acceptors (Lipinski definition) is 4. The molecule has 0 unspecified atom stereocenters. The fourth-order valence-electron chi connectivity index (χ4n) is 3.02. The van der Waals surface area contributed by atoms with E-state index in [-0.39, 0.29) is 0 Å².